The molecule has 2 nitrogen and oxygen atoms in total. The van der Waals surface area contributed by atoms with Crippen LogP contribution < -0.4 is 0 Å². The van der Waals surface area contributed by atoms with Crippen LogP contribution in [-0.4, -0.2) is 18.0 Å². The van der Waals surface area contributed by atoms with Crippen molar-refractivity contribution in [1.29, 1.82) is 0 Å². The van der Waals surface area contributed by atoms with Crippen LogP contribution in [0.15, 0.2) is 0 Å². The van der Waals surface area contributed by atoms with Crippen molar-refractivity contribution in [2.45, 2.75) is 52.7 Å². The van der Waals surface area contributed by atoms with Gasteiger partial charge in [-0.25, -0.2) is 0 Å². The minimum atomic E-state index is 0.115. The molecule has 0 N–H and O–H groups in total. The Kier molecular flexibility index (Phi) is 3.48. The Morgan fingerprint density at radius 1 is 1.23 bits per heavy atom. The number of ketones is 1. The zero-order valence-electron chi connectivity index (χ0n) is 9.04. The fourth-order valence-corrected chi connectivity index (χ4v) is 2.23. The topological polar surface area (TPSA) is 26.3 Å². The van der Waals surface area contributed by atoms with Gasteiger partial charge in [0.2, 0.25) is 0 Å². The average molecular weight is 184 g/mol. The van der Waals surface area contributed by atoms with Gasteiger partial charge in [-0.1, -0.05) is 13.8 Å². The first-order valence-electron chi connectivity index (χ1n) is 5.26. The van der Waals surface area contributed by atoms with E-state index in [0.717, 1.165) is 6.42 Å². The normalized spacial score (nSPS) is 39.4. The van der Waals surface area contributed by atoms with Gasteiger partial charge in [0.15, 0.2) is 0 Å². The predicted octanol–water partition coefficient (Wildman–Crippen LogP) is 2.42. The zero-order valence-corrected chi connectivity index (χ0v) is 9.04. The molecule has 2 heteroatoms. The highest BCUT2D eigenvalue weighted by Gasteiger charge is 2.40. The lowest BCUT2D eigenvalue weighted by molar-refractivity contribution is -0.125. The van der Waals surface area contributed by atoms with Crippen LogP contribution in [0, 0.1) is 11.8 Å². The van der Waals surface area contributed by atoms with Crippen molar-refractivity contribution < 1.29 is 9.53 Å². The summed E-state index contributed by atoms with van der Waals surface area (Å²) in [5.41, 5.74) is 0. The molecule has 0 aromatic heterocycles. The smallest absolute Gasteiger partial charge is 0.138 e. The van der Waals surface area contributed by atoms with Gasteiger partial charge in [-0.2, -0.15) is 0 Å². The fourth-order valence-electron chi connectivity index (χ4n) is 2.23. The van der Waals surface area contributed by atoms with E-state index >= 15 is 0 Å². The average Bonchev–Trinajstić information content (AvgIpc) is 2.27. The van der Waals surface area contributed by atoms with Crippen LogP contribution in [-0.2, 0) is 9.53 Å². The van der Waals surface area contributed by atoms with Crippen LogP contribution in [0.2, 0.25) is 0 Å². The van der Waals surface area contributed by atoms with E-state index in [1.54, 1.807) is 0 Å². The van der Waals surface area contributed by atoms with Gasteiger partial charge in [0.25, 0.3) is 0 Å². The summed E-state index contributed by atoms with van der Waals surface area (Å²) in [7, 11) is 0. The van der Waals surface area contributed by atoms with Crippen molar-refractivity contribution >= 4 is 5.78 Å². The molecule has 0 aromatic carbocycles. The molecule has 13 heavy (non-hydrogen) atoms. The molecule has 76 valence electrons. The fraction of sp³-hybridized carbons (Fsp3) is 0.909. The lowest BCUT2D eigenvalue weighted by Gasteiger charge is -2.16. The second-order valence-corrected chi connectivity index (χ2v) is 4.15. The molecule has 1 fully saturated rings. The number of Topliss-reactive ketones (excluding diaryl/α,β-unsaturated/α-hetero) is 1. The largest absolute Gasteiger partial charge is 0.375 e. The zero-order chi connectivity index (χ0) is 10.0. The van der Waals surface area contributed by atoms with E-state index in [0.29, 0.717) is 18.1 Å². The van der Waals surface area contributed by atoms with E-state index in [9.17, 15) is 4.79 Å². The van der Waals surface area contributed by atoms with E-state index in [1.807, 2.05) is 13.8 Å². The van der Waals surface area contributed by atoms with Gasteiger partial charge >= 0.3 is 0 Å². The summed E-state index contributed by atoms with van der Waals surface area (Å²) in [6, 6.07) is 0. The minimum absolute atomic E-state index is 0.115. The van der Waals surface area contributed by atoms with Gasteiger partial charge in [0, 0.05) is 12.3 Å². The van der Waals surface area contributed by atoms with Gasteiger partial charge in [-0.15, -0.1) is 0 Å². The number of rotatable bonds is 3. The van der Waals surface area contributed by atoms with E-state index in [1.165, 1.54) is 0 Å². The number of carbonyl (C=O) groups is 1. The molecule has 0 saturated carbocycles. The van der Waals surface area contributed by atoms with Crippen LogP contribution in [0.25, 0.3) is 0 Å². The van der Waals surface area contributed by atoms with Crippen molar-refractivity contribution in [3.63, 3.8) is 0 Å². The van der Waals surface area contributed by atoms with Crippen LogP contribution in [0.1, 0.15) is 40.5 Å². The lowest BCUT2D eigenvalue weighted by atomic mass is 9.84. The Labute approximate surface area is 80.7 Å². The third-order valence-electron chi connectivity index (χ3n) is 3.11. The molecule has 1 saturated heterocycles. The van der Waals surface area contributed by atoms with Crippen molar-refractivity contribution in [3.05, 3.63) is 0 Å². The van der Waals surface area contributed by atoms with Crippen molar-refractivity contribution in [1.82, 2.24) is 0 Å². The summed E-state index contributed by atoms with van der Waals surface area (Å²) in [4.78, 5) is 11.7. The molecule has 0 bridgehead atoms. The Morgan fingerprint density at radius 3 is 2.23 bits per heavy atom. The van der Waals surface area contributed by atoms with E-state index < -0.39 is 0 Å². The maximum Gasteiger partial charge on any atom is 0.138 e. The molecular formula is C11H20O2. The molecule has 1 heterocycles. The summed E-state index contributed by atoms with van der Waals surface area (Å²) in [6.45, 7) is 8.23. The summed E-state index contributed by atoms with van der Waals surface area (Å²) in [5, 5.41) is 0. The number of hydrogen-bond donors (Lipinski definition) is 0. The maximum atomic E-state index is 11.7. The van der Waals surface area contributed by atoms with E-state index in [4.69, 9.17) is 4.74 Å². The van der Waals surface area contributed by atoms with Gasteiger partial charge < -0.3 is 4.74 Å². The first-order valence-corrected chi connectivity index (χ1v) is 5.26. The molecule has 0 amide bonds. The van der Waals surface area contributed by atoms with Gasteiger partial charge in [0.1, 0.15) is 5.78 Å². The predicted molar refractivity (Wildman–Crippen MR) is 52.6 cm³/mol. The van der Waals surface area contributed by atoms with E-state index in [2.05, 4.69) is 13.8 Å². The summed E-state index contributed by atoms with van der Waals surface area (Å²) < 4.78 is 5.63. The van der Waals surface area contributed by atoms with Gasteiger partial charge in [-0.05, 0) is 26.2 Å². The summed E-state index contributed by atoms with van der Waals surface area (Å²) in [5.74, 6) is 0.899. The highest BCUT2D eigenvalue weighted by atomic mass is 16.5. The van der Waals surface area contributed by atoms with Crippen LogP contribution in [0.3, 0.4) is 0 Å². The monoisotopic (exact) mass is 184 g/mol. The van der Waals surface area contributed by atoms with Crippen LogP contribution >= 0.6 is 0 Å². The second kappa shape index (κ2) is 4.23. The first kappa shape index (κ1) is 10.7. The molecule has 1 rings (SSSR count). The first-order chi connectivity index (χ1) is 6.07. The number of ether oxygens (including phenoxy) is 1. The highest BCUT2D eigenvalue weighted by molar-refractivity contribution is 5.82. The molecule has 1 aliphatic rings. The number of hydrogen-bond acceptors (Lipinski definition) is 2. The van der Waals surface area contributed by atoms with Crippen LogP contribution in [0.5, 0.6) is 0 Å². The molecule has 4 unspecified atom stereocenters. The maximum absolute atomic E-state index is 11.7. The Hall–Kier alpha value is -0.370. The Bertz CT molecular complexity index is 189. The van der Waals surface area contributed by atoms with Gasteiger partial charge in [-0.3, -0.25) is 4.79 Å². The molecular weight excluding hydrogens is 164 g/mol. The van der Waals surface area contributed by atoms with E-state index in [-0.39, 0.29) is 18.1 Å². The number of carbonyl (C=O) groups excluding carboxylic acids is 1. The molecule has 0 radical (unpaired) electrons. The van der Waals surface area contributed by atoms with Crippen molar-refractivity contribution in [2.75, 3.05) is 0 Å². The van der Waals surface area contributed by atoms with Crippen molar-refractivity contribution in [2.24, 2.45) is 11.8 Å². The second-order valence-electron chi connectivity index (χ2n) is 4.15. The van der Waals surface area contributed by atoms with Gasteiger partial charge in [0.05, 0.1) is 12.2 Å². The Morgan fingerprint density at radius 2 is 1.85 bits per heavy atom. The lowest BCUT2D eigenvalue weighted by Crippen LogP contribution is -2.26. The van der Waals surface area contributed by atoms with Crippen LogP contribution in [0.4, 0.5) is 0 Å². The SMILES string of the molecule is CCCC(=O)C1C(C)OC(C)C1C. The molecule has 1 aliphatic heterocycles. The third kappa shape index (κ3) is 2.11. The Balaban J connectivity index is 2.62. The molecule has 0 aliphatic carbocycles. The summed E-state index contributed by atoms with van der Waals surface area (Å²) >= 11 is 0. The highest BCUT2D eigenvalue weighted by Crippen LogP contribution is 2.33. The third-order valence-corrected chi connectivity index (χ3v) is 3.11. The summed E-state index contributed by atoms with van der Waals surface area (Å²) in [6.07, 6.45) is 2.00. The molecule has 0 spiro atoms. The molecule has 4 atom stereocenters. The minimum Gasteiger partial charge on any atom is -0.375 e. The quantitative estimate of drug-likeness (QED) is 0.673. The standard InChI is InChI=1S/C11H20O2/c1-5-6-10(12)11-7(2)8(3)13-9(11)4/h7-9,11H,5-6H2,1-4H3. The molecule has 0 aromatic rings. The van der Waals surface area contributed by atoms with Crippen molar-refractivity contribution in [3.8, 4) is 0 Å².